The van der Waals surface area contributed by atoms with Gasteiger partial charge in [-0.25, -0.2) is 0 Å². The fraction of sp³-hybridized carbons (Fsp3) is 0.400. The minimum Gasteiger partial charge on any atom is -0.294 e. The molecule has 1 heteroatoms. The van der Waals surface area contributed by atoms with Gasteiger partial charge in [-0.15, -0.1) is 0 Å². The Kier molecular flexibility index (Phi) is 4.04. The van der Waals surface area contributed by atoms with Crippen LogP contribution >= 0.6 is 0 Å². The topological polar surface area (TPSA) is 17.1 Å². The molecule has 1 nitrogen and oxygen atoms in total. The van der Waals surface area contributed by atoms with Crippen LogP contribution in [0.1, 0.15) is 54.7 Å². The van der Waals surface area contributed by atoms with Gasteiger partial charge in [0, 0.05) is 5.92 Å². The molecule has 0 N–H and O–H groups in total. The van der Waals surface area contributed by atoms with Crippen molar-refractivity contribution in [1.82, 2.24) is 0 Å². The molecule has 2 fully saturated rings. The minimum atomic E-state index is 0.269. The second-order valence-electron chi connectivity index (χ2n) is 8.34. The van der Waals surface area contributed by atoms with Gasteiger partial charge < -0.3 is 0 Å². The first-order chi connectivity index (χ1) is 12.8. The predicted molar refractivity (Wildman–Crippen MR) is 106 cm³/mol. The van der Waals surface area contributed by atoms with E-state index >= 15 is 0 Å². The first kappa shape index (κ1) is 16.1. The number of ketones is 1. The minimum absolute atomic E-state index is 0.269. The van der Waals surface area contributed by atoms with Crippen molar-refractivity contribution in [2.75, 3.05) is 0 Å². The van der Waals surface area contributed by atoms with Crippen LogP contribution in [0.5, 0.6) is 0 Å². The van der Waals surface area contributed by atoms with Gasteiger partial charge in [-0.1, -0.05) is 54.6 Å². The van der Waals surface area contributed by atoms with Crippen LogP contribution in [0.4, 0.5) is 0 Å². The molecule has 0 bridgehead atoms. The summed E-state index contributed by atoms with van der Waals surface area (Å²) in [7, 11) is 0. The third-order valence-electron chi connectivity index (χ3n) is 7.11. The monoisotopic (exact) mass is 342 g/mol. The molecule has 0 aromatic heterocycles. The Morgan fingerprint density at radius 2 is 1.42 bits per heavy atom. The summed E-state index contributed by atoms with van der Waals surface area (Å²) in [4.78, 5) is 13.2. The summed E-state index contributed by atoms with van der Waals surface area (Å²) in [5.41, 5.74) is 5.36. The molecule has 0 radical (unpaired) electrons. The quantitative estimate of drug-likeness (QED) is 0.598. The molecule has 132 valence electrons. The van der Waals surface area contributed by atoms with Gasteiger partial charge in [0.05, 0.1) is 0 Å². The lowest BCUT2D eigenvalue weighted by atomic mass is 9.56. The number of rotatable bonds is 1. The molecule has 0 aliphatic heterocycles. The molecule has 3 aliphatic carbocycles. The van der Waals surface area contributed by atoms with Gasteiger partial charge in [-0.3, -0.25) is 4.79 Å². The van der Waals surface area contributed by atoms with E-state index in [1.807, 2.05) is 18.2 Å². The van der Waals surface area contributed by atoms with Crippen molar-refractivity contribution in [1.29, 1.82) is 0 Å². The zero-order chi connectivity index (χ0) is 17.5. The van der Waals surface area contributed by atoms with E-state index in [2.05, 4.69) is 42.5 Å². The van der Waals surface area contributed by atoms with Crippen LogP contribution in [0.25, 0.3) is 6.08 Å². The maximum absolute atomic E-state index is 13.2. The molecule has 26 heavy (non-hydrogen) atoms. The number of carbonyl (C=O) groups excluding carboxylic acids is 1. The van der Waals surface area contributed by atoms with Crippen LogP contribution in [0.15, 0.2) is 60.2 Å². The van der Waals surface area contributed by atoms with Crippen molar-refractivity contribution < 1.29 is 4.79 Å². The maximum Gasteiger partial charge on any atom is 0.162 e. The van der Waals surface area contributed by atoms with Gasteiger partial charge >= 0.3 is 0 Å². The van der Waals surface area contributed by atoms with Crippen molar-refractivity contribution in [3.63, 3.8) is 0 Å². The molecule has 4 atom stereocenters. The Bertz CT molecular complexity index is 847. The van der Waals surface area contributed by atoms with Crippen LogP contribution in [-0.2, 0) is 11.2 Å². The van der Waals surface area contributed by atoms with E-state index in [1.165, 1.54) is 25.7 Å². The standard InChI is InChI=1S/C25H26O/c26-25-19(16-17-6-2-1-3-7-17)11-13-23-22-12-10-18-8-4-5-9-20(18)21(22)14-15-24(23)25/h1-9,16,21-24H,10-15H2/b19-16+/t21-,22+,23-,24-/m0/s1. The van der Waals surface area contributed by atoms with E-state index in [-0.39, 0.29) is 5.92 Å². The van der Waals surface area contributed by atoms with Gasteiger partial charge in [0.25, 0.3) is 0 Å². The van der Waals surface area contributed by atoms with Gasteiger partial charge in [0.2, 0.25) is 0 Å². The number of carbonyl (C=O) groups is 1. The first-order valence-corrected chi connectivity index (χ1v) is 10.2. The van der Waals surface area contributed by atoms with E-state index in [1.54, 1.807) is 11.1 Å². The van der Waals surface area contributed by atoms with Crippen molar-refractivity contribution in [3.05, 3.63) is 76.9 Å². The van der Waals surface area contributed by atoms with Gasteiger partial charge in [0.1, 0.15) is 0 Å². The smallest absolute Gasteiger partial charge is 0.162 e. The van der Waals surface area contributed by atoms with E-state index < -0.39 is 0 Å². The lowest BCUT2D eigenvalue weighted by Crippen LogP contribution is -2.42. The van der Waals surface area contributed by atoms with E-state index in [0.717, 1.165) is 24.0 Å². The third kappa shape index (κ3) is 2.65. The summed E-state index contributed by atoms with van der Waals surface area (Å²) in [5.74, 6) is 2.72. The molecular weight excluding hydrogens is 316 g/mol. The summed E-state index contributed by atoms with van der Waals surface area (Å²) < 4.78 is 0. The summed E-state index contributed by atoms with van der Waals surface area (Å²) in [6, 6.07) is 19.4. The Balaban J connectivity index is 1.41. The van der Waals surface area contributed by atoms with Crippen molar-refractivity contribution in [2.45, 2.75) is 44.4 Å². The Morgan fingerprint density at radius 1 is 0.731 bits per heavy atom. The van der Waals surface area contributed by atoms with Crippen molar-refractivity contribution in [2.24, 2.45) is 17.8 Å². The zero-order valence-electron chi connectivity index (χ0n) is 15.2. The predicted octanol–water partition coefficient (Wildman–Crippen LogP) is 5.81. The Labute approximate surface area is 156 Å². The van der Waals surface area contributed by atoms with Crippen molar-refractivity contribution in [3.8, 4) is 0 Å². The van der Waals surface area contributed by atoms with E-state index in [0.29, 0.717) is 23.5 Å². The largest absolute Gasteiger partial charge is 0.294 e. The van der Waals surface area contributed by atoms with Crippen LogP contribution < -0.4 is 0 Å². The Hall–Kier alpha value is -2.15. The zero-order valence-corrected chi connectivity index (χ0v) is 15.2. The summed E-state index contributed by atoms with van der Waals surface area (Å²) >= 11 is 0. The number of hydrogen-bond donors (Lipinski definition) is 0. The van der Waals surface area contributed by atoms with Crippen molar-refractivity contribution >= 4 is 11.9 Å². The van der Waals surface area contributed by atoms with Crippen LogP contribution in [0, 0.1) is 17.8 Å². The lowest BCUT2D eigenvalue weighted by molar-refractivity contribution is -0.125. The van der Waals surface area contributed by atoms with E-state index in [4.69, 9.17) is 0 Å². The molecule has 3 aliphatic rings. The van der Waals surface area contributed by atoms with Crippen LogP contribution in [0.2, 0.25) is 0 Å². The fourth-order valence-electron chi connectivity index (χ4n) is 5.95. The second kappa shape index (κ2) is 6.54. The first-order valence-electron chi connectivity index (χ1n) is 10.2. The van der Waals surface area contributed by atoms with Crippen LogP contribution in [0.3, 0.4) is 0 Å². The third-order valence-corrected chi connectivity index (χ3v) is 7.11. The second-order valence-corrected chi connectivity index (χ2v) is 8.34. The molecule has 0 spiro atoms. The van der Waals surface area contributed by atoms with Gasteiger partial charge in [-0.05, 0) is 84.6 Å². The van der Waals surface area contributed by atoms with Gasteiger partial charge in [-0.2, -0.15) is 0 Å². The fourth-order valence-corrected chi connectivity index (χ4v) is 5.95. The molecule has 0 amide bonds. The molecule has 2 saturated carbocycles. The number of Topliss-reactive ketones (excluding diaryl/α,β-unsaturated/α-hetero) is 1. The highest BCUT2D eigenvalue weighted by molar-refractivity contribution is 6.02. The molecule has 2 aromatic rings. The molecule has 0 saturated heterocycles. The highest BCUT2D eigenvalue weighted by Crippen LogP contribution is 2.53. The summed E-state index contributed by atoms with van der Waals surface area (Å²) in [6.45, 7) is 0. The average molecular weight is 342 g/mol. The maximum atomic E-state index is 13.2. The number of hydrogen-bond acceptors (Lipinski definition) is 1. The Morgan fingerprint density at radius 3 is 2.31 bits per heavy atom. The number of allylic oxidation sites excluding steroid dienone is 1. The normalized spacial score (nSPS) is 31.8. The number of benzene rings is 2. The molecular formula is C25H26O. The molecule has 0 heterocycles. The lowest BCUT2D eigenvalue weighted by Gasteiger charge is -2.48. The molecule has 2 aromatic carbocycles. The molecule has 5 rings (SSSR count). The SMILES string of the molecule is O=C1/C(=C/c2ccccc2)CC[C@H]2[C@@H]3CCc4ccccc4[C@@H]3CC[C@H]12. The summed E-state index contributed by atoms with van der Waals surface area (Å²) in [6.07, 6.45) is 9.02. The number of fused-ring (bicyclic) bond motifs is 5. The molecule has 0 unspecified atom stereocenters. The number of aryl methyl sites for hydroxylation is 1. The highest BCUT2D eigenvalue weighted by Gasteiger charge is 2.46. The van der Waals surface area contributed by atoms with Crippen LogP contribution in [-0.4, -0.2) is 5.78 Å². The summed E-state index contributed by atoms with van der Waals surface area (Å²) in [5, 5.41) is 0. The average Bonchev–Trinajstić information content (AvgIpc) is 2.70. The highest BCUT2D eigenvalue weighted by atomic mass is 16.1. The van der Waals surface area contributed by atoms with E-state index in [9.17, 15) is 4.79 Å². The van der Waals surface area contributed by atoms with Gasteiger partial charge in [0.15, 0.2) is 5.78 Å².